The minimum Gasteiger partial charge on any atom is -0.340 e. The van der Waals surface area contributed by atoms with Gasteiger partial charge in [0.2, 0.25) is 5.91 Å². The molecule has 0 heterocycles. The summed E-state index contributed by atoms with van der Waals surface area (Å²) in [5, 5.41) is 0. The zero-order chi connectivity index (χ0) is 11.0. The number of hydrogen-bond donors (Lipinski definition) is 0. The molecule has 2 nitrogen and oxygen atoms in total. The second kappa shape index (κ2) is 7.60. The van der Waals surface area contributed by atoms with Crippen LogP contribution >= 0.6 is 0 Å². The van der Waals surface area contributed by atoms with E-state index in [9.17, 15) is 4.79 Å². The van der Waals surface area contributed by atoms with Gasteiger partial charge < -0.3 is 4.90 Å². The summed E-state index contributed by atoms with van der Waals surface area (Å²) in [6.45, 7) is 9.70. The van der Waals surface area contributed by atoms with Crippen molar-refractivity contribution in [1.82, 2.24) is 4.90 Å². The Labute approximate surface area is 88.0 Å². The average molecular weight is 197 g/mol. The lowest BCUT2D eigenvalue weighted by Gasteiger charge is -2.18. The first-order valence-corrected chi connectivity index (χ1v) is 5.63. The quantitative estimate of drug-likeness (QED) is 0.473. The van der Waals surface area contributed by atoms with Gasteiger partial charge in [-0.2, -0.15) is 0 Å². The maximum Gasteiger partial charge on any atom is 0.249 e. The van der Waals surface area contributed by atoms with Gasteiger partial charge in [-0.25, -0.2) is 0 Å². The van der Waals surface area contributed by atoms with Crippen LogP contribution in [0.2, 0.25) is 0 Å². The summed E-state index contributed by atoms with van der Waals surface area (Å²) < 4.78 is 0. The fourth-order valence-corrected chi connectivity index (χ4v) is 1.37. The van der Waals surface area contributed by atoms with E-state index in [1.165, 1.54) is 12.8 Å². The molecule has 82 valence electrons. The molecule has 0 aromatic heterocycles. The Kier molecular flexibility index (Phi) is 7.17. The molecular weight excluding hydrogens is 174 g/mol. The van der Waals surface area contributed by atoms with Gasteiger partial charge in [0.1, 0.15) is 0 Å². The summed E-state index contributed by atoms with van der Waals surface area (Å²) in [4.78, 5) is 13.6. The molecule has 0 saturated carbocycles. The van der Waals surface area contributed by atoms with Crippen molar-refractivity contribution in [3.05, 3.63) is 11.6 Å². The van der Waals surface area contributed by atoms with Gasteiger partial charge >= 0.3 is 0 Å². The molecule has 0 rings (SSSR count). The molecule has 0 fully saturated rings. The van der Waals surface area contributed by atoms with Gasteiger partial charge in [-0.15, -0.1) is 0 Å². The number of unbranched alkanes of at least 4 members (excludes halogenated alkanes) is 2. The Hall–Kier alpha value is -0.790. The fraction of sp³-hybridized carbons (Fsp3) is 0.750. The highest BCUT2D eigenvalue weighted by molar-refractivity contribution is 5.92. The molecular formula is C12H23NO. The van der Waals surface area contributed by atoms with Gasteiger partial charge in [-0.1, -0.05) is 25.8 Å². The van der Waals surface area contributed by atoms with Crippen molar-refractivity contribution in [2.75, 3.05) is 13.1 Å². The summed E-state index contributed by atoms with van der Waals surface area (Å²) in [7, 11) is 0. The average Bonchev–Trinajstić information content (AvgIpc) is 2.19. The molecule has 2 heteroatoms. The monoisotopic (exact) mass is 197 g/mol. The third kappa shape index (κ3) is 4.45. The second-order valence-electron chi connectivity index (χ2n) is 3.51. The summed E-state index contributed by atoms with van der Waals surface area (Å²) >= 11 is 0. The lowest BCUT2D eigenvalue weighted by atomic mass is 10.1. The van der Waals surface area contributed by atoms with Gasteiger partial charge in [0.15, 0.2) is 0 Å². The van der Waals surface area contributed by atoms with Crippen LogP contribution in [0.25, 0.3) is 0 Å². The Bertz CT molecular complexity index is 192. The number of hydrogen-bond acceptors (Lipinski definition) is 1. The smallest absolute Gasteiger partial charge is 0.249 e. The molecule has 0 aromatic carbocycles. The molecule has 14 heavy (non-hydrogen) atoms. The van der Waals surface area contributed by atoms with Crippen LogP contribution in [0.15, 0.2) is 11.6 Å². The number of rotatable bonds is 6. The molecule has 0 aliphatic heterocycles. The molecule has 0 bridgehead atoms. The first-order chi connectivity index (χ1) is 6.67. The van der Waals surface area contributed by atoms with Crippen molar-refractivity contribution < 1.29 is 4.79 Å². The van der Waals surface area contributed by atoms with Crippen molar-refractivity contribution >= 4 is 5.91 Å². The minimum absolute atomic E-state index is 0.186. The van der Waals surface area contributed by atoms with Crippen molar-refractivity contribution in [2.24, 2.45) is 0 Å². The summed E-state index contributed by atoms with van der Waals surface area (Å²) in [6, 6.07) is 0. The highest BCUT2D eigenvalue weighted by Crippen LogP contribution is 2.04. The topological polar surface area (TPSA) is 20.3 Å². The molecule has 0 N–H and O–H groups in total. The van der Waals surface area contributed by atoms with E-state index in [0.29, 0.717) is 0 Å². The van der Waals surface area contributed by atoms with E-state index in [1.54, 1.807) is 0 Å². The fourth-order valence-electron chi connectivity index (χ4n) is 1.37. The first kappa shape index (κ1) is 13.2. The predicted molar refractivity (Wildman–Crippen MR) is 61.2 cm³/mol. The Morgan fingerprint density at radius 1 is 1.21 bits per heavy atom. The van der Waals surface area contributed by atoms with Gasteiger partial charge in [-0.3, -0.25) is 4.79 Å². The number of likely N-dealkylation sites (N-methyl/N-ethyl adjacent to an activating group) is 1. The van der Waals surface area contributed by atoms with Crippen LogP contribution in [-0.2, 0) is 4.79 Å². The van der Waals surface area contributed by atoms with Crippen LogP contribution in [0.5, 0.6) is 0 Å². The molecule has 0 aliphatic rings. The second-order valence-corrected chi connectivity index (χ2v) is 3.51. The van der Waals surface area contributed by atoms with Crippen LogP contribution in [0.3, 0.4) is 0 Å². The van der Waals surface area contributed by atoms with Gasteiger partial charge in [-0.05, 0) is 27.2 Å². The standard InChI is InChI=1S/C12H23NO/c1-5-8-9-10-11(4)12(14)13(6-2)7-3/h10H,5-9H2,1-4H3. The van der Waals surface area contributed by atoms with Gasteiger partial charge in [0, 0.05) is 18.7 Å². The van der Waals surface area contributed by atoms with Crippen LogP contribution in [0.1, 0.15) is 47.0 Å². The third-order valence-electron chi connectivity index (χ3n) is 2.40. The van der Waals surface area contributed by atoms with Crippen molar-refractivity contribution in [3.63, 3.8) is 0 Å². The highest BCUT2D eigenvalue weighted by Gasteiger charge is 2.10. The van der Waals surface area contributed by atoms with E-state index in [1.807, 2.05) is 25.7 Å². The minimum atomic E-state index is 0.186. The predicted octanol–water partition coefficient (Wildman–Crippen LogP) is 2.99. The van der Waals surface area contributed by atoms with E-state index in [2.05, 4.69) is 13.0 Å². The Balaban J connectivity index is 4.14. The molecule has 0 radical (unpaired) electrons. The number of nitrogens with zero attached hydrogens (tertiary/aromatic N) is 1. The first-order valence-electron chi connectivity index (χ1n) is 5.63. The summed E-state index contributed by atoms with van der Waals surface area (Å²) in [5.41, 5.74) is 0.891. The van der Waals surface area contributed by atoms with E-state index in [4.69, 9.17) is 0 Å². The molecule has 0 unspecified atom stereocenters. The summed E-state index contributed by atoms with van der Waals surface area (Å²) in [5.74, 6) is 0.186. The lowest BCUT2D eigenvalue weighted by Crippen LogP contribution is -2.30. The molecule has 0 spiro atoms. The molecule has 0 saturated heterocycles. The SMILES string of the molecule is CCCCC=C(C)C(=O)N(CC)CC. The largest absolute Gasteiger partial charge is 0.340 e. The molecule has 0 atom stereocenters. The van der Waals surface area contributed by atoms with E-state index in [-0.39, 0.29) is 5.91 Å². The van der Waals surface area contributed by atoms with E-state index >= 15 is 0 Å². The van der Waals surface area contributed by atoms with Crippen LogP contribution in [-0.4, -0.2) is 23.9 Å². The van der Waals surface area contributed by atoms with Crippen molar-refractivity contribution in [2.45, 2.75) is 47.0 Å². The van der Waals surface area contributed by atoms with Gasteiger partial charge in [0.05, 0.1) is 0 Å². The normalized spacial score (nSPS) is 11.6. The number of carbonyl (C=O) groups is 1. The number of allylic oxidation sites excluding steroid dienone is 1. The Morgan fingerprint density at radius 3 is 2.21 bits per heavy atom. The highest BCUT2D eigenvalue weighted by atomic mass is 16.2. The van der Waals surface area contributed by atoms with Crippen LogP contribution in [0, 0.1) is 0 Å². The zero-order valence-corrected chi connectivity index (χ0v) is 9.97. The van der Waals surface area contributed by atoms with Crippen molar-refractivity contribution in [1.29, 1.82) is 0 Å². The van der Waals surface area contributed by atoms with Gasteiger partial charge in [0.25, 0.3) is 0 Å². The molecule has 1 amide bonds. The third-order valence-corrected chi connectivity index (χ3v) is 2.40. The Morgan fingerprint density at radius 2 is 1.79 bits per heavy atom. The number of carbonyl (C=O) groups excluding carboxylic acids is 1. The molecule has 0 aromatic rings. The maximum absolute atomic E-state index is 11.8. The maximum atomic E-state index is 11.8. The van der Waals surface area contributed by atoms with Crippen molar-refractivity contribution in [3.8, 4) is 0 Å². The van der Waals surface area contributed by atoms with E-state index < -0.39 is 0 Å². The van der Waals surface area contributed by atoms with E-state index in [0.717, 1.165) is 25.1 Å². The summed E-state index contributed by atoms with van der Waals surface area (Å²) in [6.07, 6.45) is 5.44. The van der Waals surface area contributed by atoms with Crippen LogP contribution in [0.4, 0.5) is 0 Å². The lowest BCUT2D eigenvalue weighted by molar-refractivity contribution is -0.126. The molecule has 0 aliphatic carbocycles. The zero-order valence-electron chi connectivity index (χ0n) is 9.97. The number of amides is 1. The van der Waals surface area contributed by atoms with Crippen LogP contribution < -0.4 is 0 Å².